The molecule has 220 valence electrons. The molecule has 2 aromatic carbocycles. The molecule has 3 aromatic rings. The topological polar surface area (TPSA) is 88.6 Å². The maximum absolute atomic E-state index is 15.6. The number of benzene rings is 2. The third-order valence-corrected chi connectivity index (χ3v) is 7.61. The second kappa shape index (κ2) is 12.7. The van der Waals surface area contributed by atoms with E-state index < -0.39 is 5.82 Å². The van der Waals surface area contributed by atoms with Crippen molar-refractivity contribution in [2.24, 2.45) is 22.0 Å². The highest BCUT2D eigenvalue weighted by Crippen LogP contribution is 2.33. The zero-order valence-corrected chi connectivity index (χ0v) is 24.9. The first-order chi connectivity index (χ1) is 20.3. The summed E-state index contributed by atoms with van der Waals surface area (Å²) >= 11 is 0. The molecule has 0 aliphatic carbocycles. The Balaban J connectivity index is 0.000000830. The van der Waals surface area contributed by atoms with Crippen LogP contribution in [0.3, 0.4) is 0 Å². The van der Waals surface area contributed by atoms with Gasteiger partial charge < -0.3 is 24.3 Å². The lowest BCUT2D eigenvalue weighted by Crippen LogP contribution is -2.36. The lowest BCUT2D eigenvalue weighted by Gasteiger charge is -2.29. The van der Waals surface area contributed by atoms with Gasteiger partial charge in [0, 0.05) is 25.2 Å². The molecule has 0 saturated carbocycles. The van der Waals surface area contributed by atoms with Crippen LogP contribution in [0.5, 0.6) is 11.5 Å². The number of ether oxygens (including phenoxy) is 2. The van der Waals surface area contributed by atoms with Crippen LogP contribution in [0.15, 0.2) is 75.8 Å². The first-order valence-electron chi connectivity index (χ1n) is 14.4. The number of nitrogens with zero attached hydrogens (tertiary/aromatic N) is 6. The van der Waals surface area contributed by atoms with Crippen molar-refractivity contribution in [2.75, 3.05) is 18.5 Å². The molecule has 42 heavy (non-hydrogen) atoms. The third kappa shape index (κ3) is 5.99. The molecule has 6 rings (SSSR count). The van der Waals surface area contributed by atoms with Crippen LogP contribution in [0.4, 0.5) is 10.1 Å². The van der Waals surface area contributed by atoms with E-state index in [4.69, 9.17) is 14.5 Å². The Morgan fingerprint density at radius 3 is 2.76 bits per heavy atom. The number of amidine groups is 1. The minimum atomic E-state index is -0.444. The molecule has 4 heterocycles. The Hall–Kier alpha value is -4.31. The summed E-state index contributed by atoms with van der Waals surface area (Å²) in [5.41, 5.74) is 3.55. The number of aromatic nitrogens is 2. The van der Waals surface area contributed by atoms with Crippen LogP contribution in [0, 0.1) is 12.7 Å². The van der Waals surface area contributed by atoms with Crippen molar-refractivity contribution < 1.29 is 13.9 Å². The Morgan fingerprint density at radius 1 is 1.26 bits per heavy atom. The summed E-state index contributed by atoms with van der Waals surface area (Å²) in [4.78, 5) is 20.0. The quantitative estimate of drug-likeness (QED) is 0.353. The number of imidazole rings is 1. The predicted molar refractivity (Wildman–Crippen MR) is 167 cm³/mol. The Kier molecular flexibility index (Phi) is 8.82. The van der Waals surface area contributed by atoms with E-state index >= 15 is 4.39 Å². The second-order valence-electron chi connectivity index (χ2n) is 10.6. The minimum Gasteiger partial charge on any atom is -0.457 e. The van der Waals surface area contributed by atoms with Gasteiger partial charge in [-0.25, -0.2) is 24.4 Å². The van der Waals surface area contributed by atoms with Gasteiger partial charge in [0.05, 0.1) is 47.5 Å². The van der Waals surface area contributed by atoms with Crippen molar-refractivity contribution in [2.45, 2.75) is 59.1 Å². The van der Waals surface area contributed by atoms with E-state index in [-0.39, 0.29) is 17.8 Å². The molecule has 1 N–H and O–H groups in total. The van der Waals surface area contributed by atoms with E-state index in [1.807, 2.05) is 42.8 Å². The Morgan fingerprint density at radius 2 is 2.07 bits per heavy atom. The number of nitrogens with one attached hydrogen (secondary N) is 1. The summed E-state index contributed by atoms with van der Waals surface area (Å²) in [7, 11) is 1.93. The molecule has 2 saturated heterocycles. The number of unbranched alkanes of at least 4 members (excludes halogenated alkanes) is 1. The van der Waals surface area contributed by atoms with Crippen LogP contribution in [0.25, 0.3) is 11.0 Å². The first-order valence-corrected chi connectivity index (χ1v) is 14.4. The number of hydrogen-bond acceptors (Lipinski definition) is 8. The molecule has 1 aromatic heterocycles. The van der Waals surface area contributed by atoms with Crippen molar-refractivity contribution in [3.05, 3.63) is 72.2 Å². The highest BCUT2D eigenvalue weighted by molar-refractivity contribution is 6.52. The number of aryl methyl sites for hydroxylation is 1. The average Bonchev–Trinajstić information content (AvgIpc) is 3.74. The number of aliphatic imine (C=N–C) groups is 3. The zero-order chi connectivity index (χ0) is 29.8. The van der Waals surface area contributed by atoms with Gasteiger partial charge in [-0.15, -0.1) is 0 Å². The summed E-state index contributed by atoms with van der Waals surface area (Å²) < 4.78 is 29.2. The smallest absolute Gasteiger partial charge is 0.160 e. The molecule has 3 aliphatic heterocycles. The van der Waals surface area contributed by atoms with E-state index in [1.54, 1.807) is 25.4 Å². The monoisotopic (exact) mass is 571 g/mol. The number of allylic oxidation sites excluding steroid dienone is 1. The van der Waals surface area contributed by atoms with E-state index in [1.165, 1.54) is 19.2 Å². The molecular weight excluding hydrogens is 533 g/mol. The summed E-state index contributed by atoms with van der Waals surface area (Å²) in [6.45, 7) is 13.5. The van der Waals surface area contributed by atoms with Crippen LogP contribution in [-0.4, -0.2) is 57.6 Å². The average molecular weight is 572 g/mol. The number of likely N-dealkylation sites (tertiary alicyclic amines) is 1. The number of halogens is 1. The van der Waals surface area contributed by atoms with Gasteiger partial charge in [-0.3, -0.25) is 0 Å². The van der Waals surface area contributed by atoms with Crippen molar-refractivity contribution in [1.29, 1.82) is 0 Å². The molecular formula is C32H38FN7O2. The van der Waals surface area contributed by atoms with Crippen molar-refractivity contribution >= 4 is 34.6 Å². The van der Waals surface area contributed by atoms with Gasteiger partial charge in [-0.2, -0.15) is 0 Å². The van der Waals surface area contributed by atoms with Gasteiger partial charge in [0.2, 0.25) is 0 Å². The fourth-order valence-corrected chi connectivity index (χ4v) is 5.02. The van der Waals surface area contributed by atoms with Crippen LogP contribution in [0.1, 0.15) is 45.6 Å². The molecule has 2 fully saturated rings. The van der Waals surface area contributed by atoms with Crippen LogP contribution >= 0.6 is 0 Å². The molecule has 3 aliphatic rings. The van der Waals surface area contributed by atoms with Crippen molar-refractivity contribution in [1.82, 2.24) is 14.5 Å². The van der Waals surface area contributed by atoms with E-state index in [9.17, 15) is 0 Å². The summed E-state index contributed by atoms with van der Waals surface area (Å²) in [5, 5.41) is 3.11. The molecule has 2 atom stereocenters. The fourth-order valence-electron chi connectivity index (χ4n) is 5.02. The van der Waals surface area contributed by atoms with Crippen molar-refractivity contribution in [3.63, 3.8) is 0 Å². The molecule has 0 radical (unpaired) electrons. The number of rotatable bonds is 6. The number of fused-ring (bicyclic) bond motifs is 3. The van der Waals surface area contributed by atoms with Crippen LogP contribution < -0.4 is 10.1 Å². The highest BCUT2D eigenvalue weighted by Gasteiger charge is 2.39. The van der Waals surface area contributed by atoms with Crippen LogP contribution in [-0.2, 0) is 11.8 Å². The van der Waals surface area contributed by atoms with Gasteiger partial charge in [0.25, 0.3) is 0 Å². The van der Waals surface area contributed by atoms with Crippen LogP contribution in [0.2, 0.25) is 0 Å². The number of morpholine rings is 1. The molecule has 9 nitrogen and oxygen atoms in total. The molecule has 0 amide bonds. The normalized spacial score (nSPS) is 21.1. The standard InChI is InChI=1S/C28H28FN7O2.C4H10/c1-5-21-27(33-17(3)36-12-20-10-18(36)13-37-20)28(31-14-30-21)34-22-7-9-25(16(2)26(22)29)38-19-6-8-24-23(11-19)32-15-35(24)4;1-3-4-2/h5-9,11,14-15,18,20H,3,10,12-13H2,1-2,4H3,(H,30,31,34);3-4H2,1-2H3/b21-5+,33-27+;/t18?,20-;/m1./s1. The lowest BCUT2D eigenvalue weighted by atomic mass is 10.1. The van der Waals surface area contributed by atoms with Gasteiger partial charge in [-0.1, -0.05) is 39.3 Å². The van der Waals surface area contributed by atoms with Gasteiger partial charge in [0.15, 0.2) is 11.7 Å². The summed E-state index contributed by atoms with van der Waals surface area (Å²) in [6.07, 6.45) is 8.86. The van der Waals surface area contributed by atoms with Crippen molar-refractivity contribution in [3.8, 4) is 11.5 Å². The fraction of sp³-hybridized carbons (Fsp3) is 0.375. The first kappa shape index (κ1) is 29.2. The van der Waals surface area contributed by atoms with E-state index in [2.05, 4.69) is 45.6 Å². The van der Waals surface area contributed by atoms with Gasteiger partial charge in [-0.05, 0) is 44.5 Å². The van der Waals surface area contributed by atoms with E-state index in [0.717, 1.165) is 24.0 Å². The molecule has 0 spiro atoms. The number of anilines is 1. The summed E-state index contributed by atoms with van der Waals surface area (Å²) in [6, 6.07) is 9.24. The minimum absolute atomic E-state index is 0.220. The Bertz CT molecular complexity index is 1600. The third-order valence-electron chi connectivity index (χ3n) is 7.61. The zero-order valence-electron chi connectivity index (χ0n) is 24.9. The largest absolute Gasteiger partial charge is 0.457 e. The highest BCUT2D eigenvalue weighted by atomic mass is 19.1. The van der Waals surface area contributed by atoms with Gasteiger partial charge in [0.1, 0.15) is 29.4 Å². The summed E-state index contributed by atoms with van der Waals surface area (Å²) in [5.74, 6) is 1.56. The number of hydrogen-bond donors (Lipinski definition) is 1. The SMILES string of the molecule is C=C(/N=C1/C(Nc2ccc(Oc3ccc4c(c3)ncn4C)c(C)c2F)=NC=N/C1=C/C)N1C[C@H]2CC1CO2.CCCC. The maximum Gasteiger partial charge on any atom is 0.160 e. The molecule has 10 heteroatoms. The molecule has 2 bridgehead atoms. The molecule has 1 unspecified atom stereocenters. The van der Waals surface area contributed by atoms with E-state index in [0.29, 0.717) is 46.7 Å². The van der Waals surface area contributed by atoms with Gasteiger partial charge >= 0.3 is 0 Å². The second-order valence-corrected chi connectivity index (χ2v) is 10.6. The lowest BCUT2D eigenvalue weighted by molar-refractivity contribution is 0.0443. The predicted octanol–water partition coefficient (Wildman–Crippen LogP) is 6.76. The maximum atomic E-state index is 15.6. The Labute approximate surface area is 246 Å².